The van der Waals surface area contributed by atoms with Gasteiger partial charge in [0.2, 0.25) is 5.88 Å². The second-order valence-corrected chi connectivity index (χ2v) is 4.85. The van der Waals surface area contributed by atoms with E-state index in [0.29, 0.717) is 5.88 Å². The Morgan fingerprint density at radius 1 is 1.14 bits per heavy atom. The highest BCUT2D eigenvalue weighted by molar-refractivity contribution is 5.75. The fourth-order valence-electron chi connectivity index (χ4n) is 2.33. The molecule has 0 saturated heterocycles. The van der Waals surface area contributed by atoms with Gasteiger partial charge in [-0.25, -0.2) is 4.98 Å². The Bertz CT molecular complexity index is 752. The number of benzene rings is 1. The molecule has 5 heteroatoms. The van der Waals surface area contributed by atoms with Gasteiger partial charge in [-0.1, -0.05) is 25.1 Å². The SMILES string of the molecule is CCC(N)c1nc2ccc(OC)nc2n1-c1ccccc1. The van der Waals surface area contributed by atoms with Crippen molar-refractivity contribution in [2.45, 2.75) is 19.4 Å². The molecule has 0 spiro atoms. The van der Waals surface area contributed by atoms with Gasteiger partial charge in [0.05, 0.1) is 13.2 Å². The average Bonchev–Trinajstić information content (AvgIpc) is 2.93. The summed E-state index contributed by atoms with van der Waals surface area (Å²) < 4.78 is 7.23. The molecule has 1 unspecified atom stereocenters. The van der Waals surface area contributed by atoms with Crippen LogP contribution in [0.4, 0.5) is 0 Å². The number of imidazole rings is 1. The lowest BCUT2D eigenvalue weighted by atomic mass is 10.2. The Hall–Kier alpha value is -2.40. The number of nitrogens with two attached hydrogens (primary N) is 1. The molecule has 1 aromatic carbocycles. The van der Waals surface area contributed by atoms with E-state index in [1.807, 2.05) is 54.0 Å². The van der Waals surface area contributed by atoms with Crippen LogP contribution in [0.5, 0.6) is 5.88 Å². The van der Waals surface area contributed by atoms with Gasteiger partial charge in [-0.05, 0) is 24.6 Å². The van der Waals surface area contributed by atoms with Gasteiger partial charge in [0.25, 0.3) is 0 Å². The standard InChI is InChI=1S/C16H18N4O/c1-3-12(17)15-18-13-9-10-14(21-2)19-16(13)20(15)11-7-5-4-6-8-11/h4-10,12H,3,17H2,1-2H3. The monoisotopic (exact) mass is 282 g/mol. The molecule has 2 heterocycles. The molecule has 0 radical (unpaired) electrons. The van der Waals surface area contributed by atoms with Crippen molar-refractivity contribution in [3.8, 4) is 11.6 Å². The van der Waals surface area contributed by atoms with Crippen LogP contribution >= 0.6 is 0 Å². The van der Waals surface area contributed by atoms with Crippen LogP contribution < -0.4 is 10.5 Å². The highest BCUT2D eigenvalue weighted by Gasteiger charge is 2.18. The van der Waals surface area contributed by atoms with E-state index in [4.69, 9.17) is 10.5 Å². The van der Waals surface area contributed by atoms with Crippen LogP contribution in [-0.2, 0) is 0 Å². The van der Waals surface area contributed by atoms with E-state index in [1.165, 1.54) is 0 Å². The Balaban J connectivity index is 2.31. The summed E-state index contributed by atoms with van der Waals surface area (Å²) in [6, 6.07) is 13.6. The Morgan fingerprint density at radius 2 is 1.90 bits per heavy atom. The third kappa shape index (κ3) is 2.36. The molecule has 0 aliphatic rings. The molecule has 2 N–H and O–H groups in total. The maximum Gasteiger partial charge on any atom is 0.215 e. The van der Waals surface area contributed by atoms with E-state index in [2.05, 4.69) is 9.97 Å². The molecule has 5 nitrogen and oxygen atoms in total. The zero-order valence-electron chi connectivity index (χ0n) is 12.2. The van der Waals surface area contributed by atoms with E-state index in [1.54, 1.807) is 7.11 Å². The van der Waals surface area contributed by atoms with E-state index in [9.17, 15) is 0 Å². The molecular weight excluding hydrogens is 264 g/mol. The fraction of sp³-hybridized carbons (Fsp3) is 0.250. The van der Waals surface area contributed by atoms with Gasteiger partial charge >= 0.3 is 0 Å². The van der Waals surface area contributed by atoms with Gasteiger partial charge in [0.15, 0.2) is 5.65 Å². The number of ether oxygens (including phenoxy) is 1. The van der Waals surface area contributed by atoms with Crippen molar-refractivity contribution in [2.75, 3.05) is 7.11 Å². The predicted molar refractivity (Wildman–Crippen MR) is 82.6 cm³/mol. The number of hydrogen-bond acceptors (Lipinski definition) is 4. The number of rotatable bonds is 4. The maximum absolute atomic E-state index is 6.22. The van der Waals surface area contributed by atoms with Crippen molar-refractivity contribution in [2.24, 2.45) is 5.73 Å². The van der Waals surface area contributed by atoms with Crippen molar-refractivity contribution in [1.29, 1.82) is 0 Å². The van der Waals surface area contributed by atoms with Crippen molar-refractivity contribution < 1.29 is 4.74 Å². The lowest BCUT2D eigenvalue weighted by molar-refractivity contribution is 0.399. The highest BCUT2D eigenvalue weighted by atomic mass is 16.5. The maximum atomic E-state index is 6.22. The summed E-state index contributed by atoms with van der Waals surface area (Å²) >= 11 is 0. The molecule has 0 aliphatic carbocycles. The van der Waals surface area contributed by atoms with Gasteiger partial charge in [0.1, 0.15) is 11.3 Å². The minimum absolute atomic E-state index is 0.134. The molecule has 0 bridgehead atoms. The van der Waals surface area contributed by atoms with E-state index >= 15 is 0 Å². The molecule has 2 aromatic heterocycles. The van der Waals surface area contributed by atoms with Crippen LogP contribution in [0.15, 0.2) is 42.5 Å². The van der Waals surface area contributed by atoms with Gasteiger partial charge in [-0.3, -0.25) is 4.57 Å². The molecule has 3 rings (SSSR count). The van der Waals surface area contributed by atoms with E-state index in [-0.39, 0.29) is 6.04 Å². The third-order valence-corrected chi connectivity index (χ3v) is 3.50. The molecule has 108 valence electrons. The number of pyridine rings is 1. The molecule has 21 heavy (non-hydrogen) atoms. The lowest BCUT2D eigenvalue weighted by Gasteiger charge is -2.12. The molecule has 0 aliphatic heterocycles. The summed E-state index contributed by atoms with van der Waals surface area (Å²) in [5.74, 6) is 1.38. The Morgan fingerprint density at radius 3 is 2.57 bits per heavy atom. The first-order chi connectivity index (χ1) is 10.2. The molecule has 3 aromatic rings. The number of fused-ring (bicyclic) bond motifs is 1. The normalized spacial score (nSPS) is 12.5. The average molecular weight is 282 g/mol. The Labute approximate surface area is 123 Å². The second kappa shape index (κ2) is 5.54. The fourth-order valence-corrected chi connectivity index (χ4v) is 2.33. The molecule has 0 fully saturated rings. The first-order valence-electron chi connectivity index (χ1n) is 6.99. The van der Waals surface area contributed by atoms with Crippen molar-refractivity contribution >= 4 is 11.2 Å². The minimum atomic E-state index is -0.134. The van der Waals surface area contributed by atoms with Gasteiger partial charge < -0.3 is 10.5 Å². The smallest absolute Gasteiger partial charge is 0.215 e. The second-order valence-electron chi connectivity index (χ2n) is 4.85. The Kier molecular flexibility index (Phi) is 3.58. The van der Waals surface area contributed by atoms with Gasteiger partial charge in [-0.2, -0.15) is 4.98 Å². The zero-order valence-corrected chi connectivity index (χ0v) is 12.2. The molecule has 0 saturated carbocycles. The zero-order chi connectivity index (χ0) is 14.8. The quantitative estimate of drug-likeness (QED) is 0.799. The van der Waals surface area contributed by atoms with Gasteiger partial charge in [-0.15, -0.1) is 0 Å². The van der Waals surface area contributed by atoms with Gasteiger partial charge in [0, 0.05) is 11.8 Å². The highest BCUT2D eigenvalue weighted by Crippen LogP contribution is 2.26. The van der Waals surface area contributed by atoms with Crippen molar-refractivity contribution in [3.05, 3.63) is 48.3 Å². The molecular formula is C16H18N4O. The van der Waals surface area contributed by atoms with Crippen molar-refractivity contribution in [3.63, 3.8) is 0 Å². The van der Waals surface area contributed by atoms with Crippen molar-refractivity contribution in [1.82, 2.24) is 14.5 Å². The first-order valence-corrected chi connectivity index (χ1v) is 6.99. The summed E-state index contributed by atoms with van der Waals surface area (Å²) in [6.07, 6.45) is 0.813. The molecule has 1 atom stereocenters. The van der Waals surface area contributed by atoms with Crippen LogP contribution in [0.3, 0.4) is 0 Å². The summed E-state index contributed by atoms with van der Waals surface area (Å²) in [5.41, 5.74) is 8.81. The van der Waals surface area contributed by atoms with E-state index in [0.717, 1.165) is 29.1 Å². The van der Waals surface area contributed by atoms with Crippen LogP contribution in [0.25, 0.3) is 16.9 Å². The number of aromatic nitrogens is 3. The first kappa shape index (κ1) is 13.6. The summed E-state index contributed by atoms with van der Waals surface area (Å²) in [6.45, 7) is 2.05. The number of methoxy groups -OCH3 is 1. The minimum Gasteiger partial charge on any atom is -0.481 e. The predicted octanol–water partition coefficient (Wildman–Crippen LogP) is 2.84. The lowest BCUT2D eigenvalue weighted by Crippen LogP contribution is -2.15. The van der Waals surface area contributed by atoms with E-state index < -0.39 is 0 Å². The molecule has 0 amide bonds. The van der Waals surface area contributed by atoms with Crippen LogP contribution in [0.2, 0.25) is 0 Å². The largest absolute Gasteiger partial charge is 0.481 e. The topological polar surface area (TPSA) is 66.0 Å². The number of nitrogens with zero attached hydrogens (tertiary/aromatic N) is 3. The summed E-state index contributed by atoms with van der Waals surface area (Å²) in [5, 5.41) is 0. The summed E-state index contributed by atoms with van der Waals surface area (Å²) in [7, 11) is 1.61. The van der Waals surface area contributed by atoms with Crippen LogP contribution in [0, 0.1) is 0 Å². The van der Waals surface area contributed by atoms with Crippen LogP contribution in [0.1, 0.15) is 25.2 Å². The number of para-hydroxylation sites is 1. The third-order valence-electron chi connectivity index (χ3n) is 3.50. The van der Waals surface area contributed by atoms with Crippen LogP contribution in [-0.4, -0.2) is 21.6 Å². The summed E-state index contributed by atoms with van der Waals surface area (Å²) in [4.78, 5) is 9.19. The number of hydrogen-bond donors (Lipinski definition) is 1.